The van der Waals surface area contributed by atoms with E-state index < -0.39 is 0 Å². The fraction of sp³-hybridized carbons (Fsp3) is 0.227. The molecule has 1 aliphatic heterocycles. The van der Waals surface area contributed by atoms with Crippen molar-refractivity contribution in [2.24, 2.45) is 0 Å². The Morgan fingerprint density at radius 1 is 1.00 bits per heavy atom. The van der Waals surface area contributed by atoms with Gasteiger partial charge in [-0.3, -0.25) is 4.98 Å². The molecule has 0 atom stereocenters. The van der Waals surface area contributed by atoms with Gasteiger partial charge in [-0.25, -0.2) is 14.4 Å². The van der Waals surface area contributed by atoms with Crippen molar-refractivity contribution in [3.63, 3.8) is 0 Å². The second-order valence-corrected chi connectivity index (χ2v) is 7.71. The number of fused-ring (bicyclic) bond motifs is 1. The second kappa shape index (κ2) is 8.01. The van der Waals surface area contributed by atoms with E-state index in [0.29, 0.717) is 27.7 Å². The van der Waals surface area contributed by atoms with Gasteiger partial charge in [0.25, 0.3) is 0 Å². The quantitative estimate of drug-likeness (QED) is 0.515. The summed E-state index contributed by atoms with van der Waals surface area (Å²) in [5.41, 5.74) is 4.77. The van der Waals surface area contributed by atoms with E-state index in [4.69, 9.17) is 16.6 Å². The molecule has 0 radical (unpaired) electrons. The molecule has 0 saturated carbocycles. The highest BCUT2D eigenvalue weighted by Crippen LogP contribution is 2.32. The molecule has 0 bridgehead atoms. The summed E-state index contributed by atoms with van der Waals surface area (Å²) in [5.74, 6) is -0.371. The van der Waals surface area contributed by atoms with Gasteiger partial charge in [0.15, 0.2) is 0 Å². The van der Waals surface area contributed by atoms with Crippen LogP contribution in [-0.2, 0) is 0 Å². The number of imidazole rings is 1. The number of halogens is 2. The number of aromatic amines is 1. The Kier molecular flexibility index (Phi) is 5.06. The van der Waals surface area contributed by atoms with Gasteiger partial charge in [0.1, 0.15) is 11.5 Å². The molecule has 0 amide bonds. The Hall–Kier alpha value is -3.03. The number of rotatable bonds is 3. The normalized spacial score (nSPS) is 14.8. The lowest BCUT2D eigenvalue weighted by Gasteiger charge is -2.22. The average molecular weight is 423 g/mol. The van der Waals surface area contributed by atoms with Gasteiger partial charge < -0.3 is 15.2 Å². The van der Waals surface area contributed by atoms with Gasteiger partial charge >= 0.3 is 0 Å². The molecule has 0 aliphatic carbocycles. The third-order valence-electron chi connectivity index (χ3n) is 5.31. The van der Waals surface area contributed by atoms with Gasteiger partial charge in [-0.1, -0.05) is 11.6 Å². The van der Waals surface area contributed by atoms with E-state index in [1.165, 1.54) is 18.5 Å². The molecule has 1 fully saturated rings. The lowest BCUT2D eigenvalue weighted by molar-refractivity contribution is 0.631. The second-order valence-electron chi connectivity index (χ2n) is 7.27. The Bertz CT molecular complexity index is 1200. The van der Waals surface area contributed by atoms with E-state index in [-0.39, 0.29) is 5.82 Å². The molecule has 1 saturated heterocycles. The highest BCUT2D eigenvalue weighted by molar-refractivity contribution is 6.30. The molecular weight excluding hydrogens is 403 g/mol. The number of pyridine rings is 2. The maximum atomic E-state index is 14.4. The maximum Gasteiger partial charge on any atom is 0.132 e. The summed E-state index contributed by atoms with van der Waals surface area (Å²) in [6.45, 7) is 3.90. The number of aromatic nitrogens is 4. The molecular formula is C22H20ClFN6. The van der Waals surface area contributed by atoms with E-state index in [9.17, 15) is 4.39 Å². The smallest absolute Gasteiger partial charge is 0.132 e. The van der Waals surface area contributed by atoms with Gasteiger partial charge in [-0.05, 0) is 49.4 Å². The van der Waals surface area contributed by atoms with Gasteiger partial charge in [-0.2, -0.15) is 0 Å². The molecule has 6 nitrogen and oxygen atoms in total. The first-order valence-corrected chi connectivity index (χ1v) is 10.3. The van der Waals surface area contributed by atoms with Crippen LogP contribution in [0.3, 0.4) is 0 Å². The summed E-state index contributed by atoms with van der Waals surface area (Å²) in [4.78, 5) is 19.1. The number of H-pyrrole nitrogens is 1. The van der Waals surface area contributed by atoms with E-state index in [1.807, 2.05) is 18.3 Å². The maximum absolute atomic E-state index is 14.4. The van der Waals surface area contributed by atoms with Crippen molar-refractivity contribution in [3.05, 3.63) is 59.8 Å². The predicted molar refractivity (Wildman–Crippen MR) is 117 cm³/mol. The summed E-state index contributed by atoms with van der Waals surface area (Å²) >= 11 is 6.08. The van der Waals surface area contributed by atoms with Gasteiger partial charge in [0.05, 0.1) is 40.6 Å². The third-order valence-corrected chi connectivity index (χ3v) is 5.54. The Balaban J connectivity index is 1.56. The topological polar surface area (TPSA) is 69.7 Å². The van der Waals surface area contributed by atoms with Crippen LogP contribution in [0.4, 0.5) is 10.1 Å². The zero-order valence-corrected chi connectivity index (χ0v) is 17.0. The minimum atomic E-state index is -0.371. The van der Waals surface area contributed by atoms with E-state index in [0.717, 1.165) is 49.3 Å². The zero-order valence-electron chi connectivity index (χ0n) is 16.2. The minimum absolute atomic E-state index is 0.362. The van der Waals surface area contributed by atoms with Crippen molar-refractivity contribution in [1.29, 1.82) is 0 Å². The number of nitrogens with zero attached hydrogens (tertiary/aromatic N) is 4. The molecule has 3 aromatic heterocycles. The molecule has 2 N–H and O–H groups in total. The summed E-state index contributed by atoms with van der Waals surface area (Å²) < 4.78 is 14.4. The van der Waals surface area contributed by atoms with Crippen LogP contribution in [0.15, 0.2) is 48.9 Å². The summed E-state index contributed by atoms with van der Waals surface area (Å²) in [6, 6.07) is 10.3. The number of benzene rings is 1. The molecule has 0 unspecified atom stereocenters. The van der Waals surface area contributed by atoms with Gasteiger partial charge in [-0.15, -0.1) is 0 Å². The van der Waals surface area contributed by atoms with Crippen molar-refractivity contribution >= 4 is 28.3 Å². The van der Waals surface area contributed by atoms with Crippen LogP contribution in [0.1, 0.15) is 6.42 Å². The third kappa shape index (κ3) is 3.62. The monoisotopic (exact) mass is 422 g/mol. The fourth-order valence-corrected chi connectivity index (χ4v) is 3.96. The van der Waals surface area contributed by atoms with Crippen LogP contribution in [0.5, 0.6) is 0 Å². The highest BCUT2D eigenvalue weighted by atomic mass is 35.5. The van der Waals surface area contributed by atoms with E-state index >= 15 is 0 Å². The molecule has 4 aromatic rings. The molecule has 30 heavy (non-hydrogen) atoms. The molecule has 1 aromatic carbocycles. The average Bonchev–Trinajstić information content (AvgIpc) is 3.09. The zero-order chi connectivity index (χ0) is 20.5. The first-order valence-electron chi connectivity index (χ1n) is 9.91. The standard InChI is InChI=1S/C22H20ClFN6/c23-14-2-3-17(24)16(10-14)21-22(28-13-27-21)19-5-4-18-20(29-19)11-15(12-26-18)30-8-1-6-25-7-9-30/h2-5,10-13,25H,1,6-9H2,(H,27,28). The van der Waals surface area contributed by atoms with Crippen LogP contribution >= 0.6 is 11.6 Å². The first kappa shape index (κ1) is 19.0. The largest absolute Gasteiger partial charge is 0.369 e. The van der Waals surface area contributed by atoms with Crippen molar-refractivity contribution in [1.82, 2.24) is 25.3 Å². The van der Waals surface area contributed by atoms with Crippen molar-refractivity contribution in [2.75, 3.05) is 31.1 Å². The number of nitrogens with one attached hydrogen (secondary N) is 2. The van der Waals surface area contributed by atoms with Crippen LogP contribution in [0.2, 0.25) is 5.02 Å². The Morgan fingerprint density at radius 2 is 1.93 bits per heavy atom. The molecule has 5 rings (SSSR count). The minimum Gasteiger partial charge on any atom is -0.369 e. The lowest BCUT2D eigenvalue weighted by atomic mass is 10.1. The molecule has 4 heterocycles. The Morgan fingerprint density at radius 3 is 2.87 bits per heavy atom. The van der Waals surface area contributed by atoms with E-state index in [2.05, 4.69) is 31.2 Å². The van der Waals surface area contributed by atoms with Crippen molar-refractivity contribution in [2.45, 2.75) is 6.42 Å². The van der Waals surface area contributed by atoms with Crippen LogP contribution in [0.25, 0.3) is 33.7 Å². The van der Waals surface area contributed by atoms with Crippen LogP contribution in [-0.4, -0.2) is 46.1 Å². The first-order chi connectivity index (χ1) is 14.7. The van der Waals surface area contributed by atoms with Gasteiger partial charge in [0.2, 0.25) is 0 Å². The van der Waals surface area contributed by atoms with Crippen molar-refractivity contribution in [3.8, 4) is 22.6 Å². The summed E-state index contributed by atoms with van der Waals surface area (Å²) in [6.07, 6.45) is 4.53. The SMILES string of the molecule is Fc1ccc(Cl)cc1-c1[nH]cnc1-c1ccc2ncc(N3CCCNCC3)cc2n1. The summed E-state index contributed by atoms with van der Waals surface area (Å²) in [7, 11) is 0. The number of anilines is 1. The number of hydrogen-bond donors (Lipinski definition) is 2. The van der Waals surface area contributed by atoms with Crippen molar-refractivity contribution < 1.29 is 4.39 Å². The highest BCUT2D eigenvalue weighted by Gasteiger charge is 2.17. The Labute approximate surface area is 178 Å². The number of hydrogen-bond acceptors (Lipinski definition) is 5. The molecule has 8 heteroatoms. The summed E-state index contributed by atoms with van der Waals surface area (Å²) in [5, 5.41) is 3.87. The molecule has 0 spiro atoms. The fourth-order valence-electron chi connectivity index (χ4n) is 3.79. The lowest BCUT2D eigenvalue weighted by Crippen LogP contribution is -2.27. The molecule has 1 aliphatic rings. The van der Waals surface area contributed by atoms with Crippen LogP contribution < -0.4 is 10.2 Å². The van der Waals surface area contributed by atoms with Crippen LogP contribution in [0, 0.1) is 5.82 Å². The molecule has 152 valence electrons. The van der Waals surface area contributed by atoms with E-state index in [1.54, 1.807) is 6.07 Å². The predicted octanol–water partition coefficient (Wildman–Crippen LogP) is 4.28. The van der Waals surface area contributed by atoms with Gasteiger partial charge in [0, 0.05) is 30.2 Å².